The average Bonchev–Trinajstić information content (AvgIpc) is 3.61. The van der Waals surface area contributed by atoms with E-state index in [1.165, 1.54) is 5.56 Å². The highest BCUT2D eigenvalue weighted by molar-refractivity contribution is 5.67. The molecule has 1 unspecified atom stereocenters. The summed E-state index contributed by atoms with van der Waals surface area (Å²) in [5.74, 6) is 0.535. The van der Waals surface area contributed by atoms with Crippen molar-refractivity contribution < 1.29 is 9.26 Å². The van der Waals surface area contributed by atoms with Gasteiger partial charge in [0.1, 0.15) is 11.4 Å². The van der Waals surface area contributed by atoms with Gasteiger partial charge in [0.25, 0.3) is 0 Å². The van der Waals surface area contributed by atoms with Crippen molar-refractivity contribution in [1.29, 1.82) is 5.26 Å². The molecule has 0 saturated carbocycles. The molecular formula is C27H26N6O2. The third-order valence-electron chi connectivity index (χ3n) is 6.15. The molecule has 0 radical (unpaired) electrons. The van der Waals surface area contributed by atoms with Crippen LogP contribution >= 0.6 is 0 Å². The van der Waals surface area contributed by atoms with Gasteiger partial charge in [0.2, 0.25) is 0 Å². The third kappa shape index (κ3) is 5.11. The molecule has 1 atom stereocenters. The van der Waals surface area contributed by atoms with Crippen molar-refractivity contribution >= 4 is 0 Å². The largest absolute Gasteiger partial charge is 0.380 e. The second kappa shape index (κ2) is 9.74. The standard InChI is InChI=1S/C27H26N6O2/c1-27(2,17-28)26-11-20(7-9-30-26)23-14-29-15-24(32-23)25-12-22(33-35-25)19-5-3-18(4-6-19)13-31-21-8-10-34-16-21/h3-7,9,11-12,14-15,21,31H,8,10,13,16H2,1-2H3. The predicted octanol–water partition coefficient (Wildman–Crippen LogP) is 4.54. The van der Waals surface area contributed by atoms with Gasteiger partial charge in [-0.2, -0.15) is 5.26 Å². The molecule has 176 valence electrons. The van der Waals surface area contributed by atoms with Gasteiger partial charge >= 0.3 is 0 Å². The summed E-state index contributed by atoms with van der Waals surface area (Å²) in [5.41, 5.74) is 4.98. The molecule has 4 aromatic rings. The van der Waals surface area contributed by atoms with Crippen LogP contribution in [0.2, 0.25) is 0 Å². The summed E-state index contributed by atoms with van der Waals surface area (Å²) in [5, 5.41) is 17.2. The lowest BCUT2D eigenvalue weighted by molar-refractivity contribution is 0.190. The number of nitriles is 1. The van der Waals surface area contributed by atoms with E-state index in [4.69, 9.17) is 14.2 Å². The third-order valence-corrected chi connectivity index (χ3v) is 6.15. The van der Waals surface area contributed by atoms with E-state index in [1.54, 1.807) is 18.6 Å². The van der Waals surface area contributed by atoms with Gasteiger partial charge in [-0.05, 0) is 38.0 Å². The highest BCUT2D eigenvalue weighted by Crippen LogP contribution is 2.28. The fraction of sp³-hybridized carbons (Fsp3) is 0.296. The molecule has 8 nitrogen and oxygen atoms in total. The summed E-state index contributed by atoms with van der Waals surface area (Å²) in [4.78, 5) is 13.4. The molecule has 35 heavy (non-hydrogen) atoms. The Morgan fingerprint density at radius 2 is 1.89 bits per heavy atom. The molecule has 5 rings (SSSR count). The molecule has 0 aliphatic carbocycles. The summed E-state index contributed by atoms with van der Waals surface area (Å²) in [6.45, 7) is 6.10. The molecule has 3 aromatic heterocycles. The Balaban J connectivity index is 1.33. The molecular weight excluding hydrogens is 440 g/mol. The van der Waals surface area contributed by atoms with Gasteiger partial charge in [0.15, 0.2) is 5.76 Å². The molecule has 1 saturated heterocycles. The summed E-state index contributed by atoms with van der Waals surface area (Å²) >= 11 is 0. The highest BCUT2D eigenvalue weighted by Gasteiger charge is 2.22. The van der Waals surface area contributed by atoms with Crippen molar-refractivity contribution in [1.82, 2.24) is 25.4 Å². The van der Waals surface area contributed by atoms with Gasteiger partial charge in [-0.3, -0.25) is 9.97 Å². The maximum atomic E-state index is 9.44. The van der Waals surface area contributed by atoms with Crippen LogP contribution in [-0.2, 0) is 16.7 Å². The van der Waals surface area contributed by atoms with Crippen LogP contribution < -0.4 is 5.32 Å². The number of nitrogens with zero attached hydrogens (tertiary/aromatic N) is 5. The minimum absolute atomic E-state index is 0.432. The Hall–Kier alpha value is -3.93. The number of pyridine rings is 1. The molecule has 1 aromatic carbocycles. The highest BCUT2D eigenvalue weighted by atomic mass is 16.5. The zero-order chi connectivity index (χ0) is 24.3. The Morgan fingerprint density at radius 3 is 2.66 bits per heavy atom. The number of ether oxygens (including phenoxy) is 1. The van der Waals surface area contributed by atoms with E-state index in [0.29, 0.717) is 28.9 Å². The number of hydrogen-bond acceptors (Lipinski definition) is 8. The number of aromatic nitrogens is 4. The Labute approximate surface area is 204 Å². The molecule has 0 amide bonds. The molecule has 4 heterocycles. The van der Waals surface area contributed by atoms with Gasteiger partial charge in [-0.25, -0.2) is 4.98 Å². The van der Waals surface area contributed by atoms with E-state index in [1.807, 2.05) is 44.2 Å². The maximum absolute atomic E-state index is 9.44. The quantitative estimate of drug-likeness (QED) is 0.423. The first-order valence-electron chi connectivity index (χ1n) is 11.6. The van der Waals surface area contributed by atoms with Crippen LogP contribution in [0.15, 0.2) is 65.6 Å². The van der Waals surface area contributed by atoms with Crippen molar-refractivity contribution in [3.8, 4) is 40.0 Å². The Bertz CT molecular complexity index is 1350. The molecule has 1 fully saturated rings. The van der Waals surface area contributed by atoms with Crippen molar-refractivity contribution in [3.63, 3.8) is 0 Å². The summed E-state index contributed by atoms with van der Waals surface area (Å²) < 4.78 is 11.0. The van der Waals surface area contributed by atoms with Gasteiger partial charge in [-0.15, -0.1) is 0 Å². The Kier molecular flexibility index (Phi) is 6.36. The van der Waals surface area contributed by atoms with E-state index in [2.05, 4.69) is 38.6 Å². The van der Waals surface area contributed by atoms with E-state index < -0.39 is 5.41 Å². The first kappa shape index (κ1) is 22.8. The molecule has 0 bridgehead atoms. The van der Waals surface area contributed by atoms with Crippen LogP contribution in [0.1, 0.15) is 31.5 Å². The van der Waals surface area contributed by atoms with Crippen LogP contribution in [0.5, 0.6) is 0 Å². The van der Waals surface area contributed by atoms with Crippen LogP contribution in [-0.4, -0.2) is 39.4 Å². The topological polar surface area (TPSA) is 110 Å². The van der Waals surface area contributed by atoms with E-state index in [9.17, 15) is 5.26 Å². The number of benzene rings is 1. The summed E-state index contributed by atoms with van der Waals surface area (Å²) in [6, 6.07) is 16.6. The number of rotatable bonds is 7. The normalized spacial score (nSPS) is 15.7. The molecule has 1 aliphatic rings. The second-order valence-electron chi connectivity index (χ2n) is 9.17. The van der Waals surface area contributed by atoms with Gasteiger partial charge < -0.3 is 14.6 Å². The van der Waals surface area contributed by atoms with Gasteiger partial charge in [0, 0.05) is 42.6 Å². The van der Waals surface area contributed by atoms with Crippen LogP contribution in [0.25, 0.3) is 34.0 Å². The van der Waals surface area contributed by atoms with Crippen LogP contribution in [0, 0.1) is 11.3 Å². The van der Waals surface area contributed by atoms with E-state index >= 15 is 0 Å². The number of nitrogens with one attached hydrogen (secondary N) is 1. The fourth-order valence-electron chi connectivity index (χ4n) is 3.90. The maximum Gasteiger partial charge on any atom is 0.187 e. The second-order valence-corrected chi connectivity index (χ2v) is 9.17. The fourth-order valence-corrected chi connectivity index (χ4v) is 3.90. The first-order valence-corrected chi connectivity index (χ1v) is 11.6. The van der Waals surface area contributed by atoms with E-state index in [0.717, 1.165) is 43.0 Å². The molecule has 0 spiro atoms. The lowest BCUT2D eigenvalue weighted by Crippen LogP contribution is -2.28. The predicted molar refractivity (Wildman–Crippen MR) is 131 cm³/mol. The molecule has 1 N–H and O–H groups in total. The van der Waals surface area contributed by atoms with Gasteiger partial charge in [0.05, 0.1) is 41.9 Å². The first-order chi connectivity index (χ1) is 17.0. The summed E-state index contributed by atoms with van der Waals surface area (Å²) in [7, 11) is 0. The average molecular weight is 467 g/mol. The molecule has 1 aliphatic heterocycles. The minimum atomic E-state index is -0.697. The molecule has 8 heteroatoms. The van der Waals surface area contributed by atoms with Crippen molar-refractivity contribution in [2.24, 2.45) is 0 Å². The van der Waals surface area contributed by atoms with E-state index in [-0.39, 0.29) is 0 Å². The Morgan fingerprint density at radius 1 is 1.06 bits per heavy atom. The number of hydrogen-bond donors (Lipinski definition) is 1. The lowest BCUT2D eigenvalue weighted by Gasteiger charge is -2.15. The van der Waals surface area contributed by atoms with Crippen molar-refractivity contribution in [2.45, 2.75) is 38.3 Å². The van der Waals surface area contributed by atoms with Crippen LogP contribution in [0.3, 0.4) is 0 Å². The smallest absolute Gasteiger partial charge is 0.187 e. The SMILES string of the molecule is CC(C)(C#N)c1cc(-c2cncc(-c3cc(-c4ccc(CNC5CCOC5)cc4)no3)n2)ccn1. The monoisotopic (exact) mass is 466 g/mol. The lowest BCUT2D eigenvalue weighted by atomic mass is 9.90. The van der Waals surface area contributed by atoms with Crippen molar-refractivity contribution in [2.75, 3.05) is 13.2 Å². The zero-order valence-corrected chi connectivity index (χ0v) is 19.7. The van der Waals surface area contributed by atoms with Crippen molar-refractivity contribution in [3.05, 3.63) is 72.3 Å². The summed E-state index contributed by atoms with van der Waals surface area (Å²) in [6.07, 6.45) is 6.08. The van der Waals surface area contributed by atoms with Gasteiger partial charge in [-0.1, -0.05) is 29.4 Å². The van der Waals surface area contributed by atoms with Crippen LogP contribution in [0.4, 0.5) is 0 Å². The zero-order valence-electron chi connectivity index (χ0n) is 19.7. The minimum Gasteiger partial charge on any atom is -0.380 e.